The van der Waals surface area contributed by atoms with Gasteiger partial charge in [0, 0.05) is 39.4 Å². The van der Waals surface area contributed by atoms with Crippen LogP contribution in [0, 0.1) is 0 Å². The summed E-state index contributed by atoms with van der Waals surface area (Å²) in [5.74, 6) is -0.948. The zero-order valence-electron chi connectivity index (χ0n) is 22.0. The molecular weight excluding hydrogens is 496 g/mol. The molecule has 1 aliphatic heterocycles. The molecule has 1 atom stereocenters. The van der Waals surface area contributed by atoms with E-state index in [0.717, 1.165) is 6.26 Å². The van der Waals surface area contributed by atoms with Crippen molar-refractivity contribution < 1.29 is 27.5 Å². The maximum absolute atomic E-state index is 12.6. The van der Waals surface area contributed by atoms with Crippen molar-refractivity contribution in [1.29, 1.82) is 0 Å². The van der Waals surface area contributed by atoms with E-state index in [9.17, 15) is 18.0 Å². The molecule has 0 aliphatic carbocycles. The van der Waals surface area contributed by atoms with Gasteiger partial charge in [-0.3, -0.25) is 14.5 Å². The number of carbonyl (C=O) groups excluding carboxylic acids is 2. The van der Waals surface area contributed by atoms with Gasteiger partial charge in [-0.05, 0) is 36.1 Å². The van der Waals surface area contributed by atoms with E-state index in [4.69, 9.17) is 9.47 Å². The first-order valence-electron chi connectivity index (χ1n) is 12.4. The van der Waals surface area contributed by atoms with Crippen LogP contribution in [0.5, 0.6) is 0 Å². The van der Waals surface area contributed by atoms with E-state index in [2.05, 4.69) is 52.8 Å². The van der Waals surface area contributed by atoms with Gasteiger partial charge in [-0.15, -0.1) is 0 Å². The number of sulfonamides is 1. The van der Waals surface area contributed by atoms with Crippen molar-refractivity contribution in [1.82, 2.24) is 19.8 Å². The lowest BCUT2D eigenvalue weighted by Crippen LogP contribution is -2.51. The third kappa shape index (κ3) is 7.96. The Morgan fingerprint density at radius 1 is 1.03 bits per heavy atom. The Morgan fingerprint density at radius 3 is 2.32 bits per heavy atom. The first-order chi connectivity index (χ1) is 17.6. The molecular formula is C26H38N4O6S. The Labute approximate surface area is 219 Å². The highest BCUT2D eigenvalue weighted by atomic mass is 32.2. The molecule has 0 aromatic heterocycles. The van der Waals surface area contributed by atoms with Crippen LogP contribution in [-0.2, 0) is 29.1 Å². The van der Waals surface area contributed by atoms with E-state index >= 15 is 0 Å². The molecule has 2 aromatic carbocycles. The van der Waals surface area contributed by atoms with Crippen molar-refractivity contribution in [2.24, 2.45) is 0 Å². The smallest absolute Gasteiger partial charge is 0.239 e. The van der Waals surface area contributed by atoms with E-state index in [-0.39, 0.29) is 31.7 Å². The van der Waals surface area contributed by atoms with E-state index in [1.165, 1.54) is 34.9 Å². The maximum Gasteiger partial charge on any atom is 0.239 e. The first kappa shape index (κ1) is 29.0. The number of ether oxygens (including phenoxy) is 2. The molecule has 204 valence electrons. The summed E-state index contributed by atoms with van der Waals surface area (Å²) in [6, 6.07) is 14.5. The van der Waals surface area contributed by atoms with E-state index in [1.807, 2.05) is 12.1 Å². The number of methoxy groups -OCH3 is 2. The lowest BCUT2D eigenvalue weighted by atomic mass is 9.96. The van der Waals surface area contributed by atoms with Gasteiger partial charge in [0.1, 0.15) is 0 Å². The third-order valence-corrected chi connectivity index (χ3v) is 8.17. The van der Waals surface area contributed by atoms with Gasteiger partial charge in [0.2, 0.25) is 21.8 Å². The van der Waals surface area contributed by atoms with Crippen LogP contribution in [0.3, 0.4) is 0 Å². The maximum atomic E-state index is 12.6. The monoisotopic (exact) mass is 534 g/mol. The van der Waals surface area contributed by atoms with Crippen LogP contribution >= 0.6 is 0 Å². The van der Waals surface area contributed by atoms with E-state index in [0.29, 0.717) is 25.9 Å². The summed E-state index contributed by atoms with van der Waals surface area (Å²) in [5.41, 5.74) is 1.25. The average Bonchev–Trinajstić information content (AvgIpc) is 2.90. The number of fused-ring (bicyclic) bond motifs is 1. The molecule has 10 nitrogen and oxygen atoms in total. The summed E-state index contributed by atoms with van der Waals surface area (Å²) >= 11 is 0. The Balaban J connectivity index is 1.55. The molecule has 1 fully saturated rings. The molecule has 3 rings (SSSR count). The molecule has 0 radical (unpaired) electrons. The number of amides is 2. The van der Waals surface area contributed by atoms with Gasteiger partial charge in [0.15, 0.2) is 6.29 Å². The van der Waals surface area contributed by atoms with Crippen LogP contribution in [-0.4, -0.2) is 95.0 Å². The molecule has 11 heteroatoms. The standard InChI is InChI=1S/C26H38N4O6S/c1-19(22-11-7-9-20-8-5-6-10-23(20)22)29-14-12-21(13-15-29)30(37(4,33)34)18-25(32)27-16-24(31)28-17-26(35-2)36-3/h5-11,19,21,26H,12-18H2,1-4H3,(H,27,32)(H,28,31). The molecule has 37 heavy (non-hydrogen) atoms. The van der Waals surface area contributed by atoms with Gasteiger partial charge in [0.25, 0.3) is 0 Å². The van der Waals surface area contributed by atoms with Crippen molar-refractivity contribution >= 4 is 32.6 Å². The lowest BCUT2D eigenvalue weighted by molar-refractivity contribution is -0.129. The van der Waals surface area contributed by atoms with Crippen LogP contribution < -0.4 is 10.6 Å². The summed E-state index contributed by atoms with van der Waals surface area (Å²) in [4.78, 5) is 26.9. The fourth-order valence-corrected chi connectivity index (χ4v) is 5.89. The largest absolute Gasteiger partial charge is 0.354 e. The minimum absolute atomic E-state index is 0.132. The van der Waals surface area contributed by atoms with Crippen molar-refractivity contribution in [3.05, 3.63) is 48.0 Å². The predicted molar refractivity (Wildman–Crippen MR) is 142 cm³/mol. The predicted octanol–water partition coefficient (Wildman–Crippen LogP) is 1.48. The van der Waals surface area contributed by atoms with Crippen LogP contribution in [0.15, 0.2) is 42.5 Å². The van der Waals surface area contributed by atoms with Crippen molar-refractivity contribution in [2.45, 2.75) is 38.1 Å². The van der Waals surface area contributed by atoms with Gasteiger partial charge in [-0.2, -0.15) is 4.31 Å². The molecule has 1 aliphatic rings. The number of hydrogen-bond donors (Lipinski definition) is 2. The minimum Gasteiger partial charge on any atom is -0.354 e. The normalized spacial score (nSPS) is 16.3. The number of rotatable bonds is 12. The third-order valence-electron chi connectivity index (χ3n) is 6.89. The Kier molecular flexibility index (Phi) is 10.4. The Hall–Kier alpha value is -2.57. The van der Waals surface area contributed by atoms with Crippen LogP contribution in [0.25, 0.3) is 10.8 Å². The second-order valence-electron chi connectivity index (χ2n) is 9.30. The molecule has 2 N–H and O–H groups in total. The van der Waals surface area contributed by atoms with Crippen molar-refractivity contribution in [3.8, 4) is 0 Å². The fourth-order valence-electron chi connectivity index (χ4n) is 4.79. The summed E-state index contributed by atoms with van der Waals surface area (Å²) in [7, 11) is -0.715. The number of nitrogens with zero attached hydrogens (tertiary/aromatic N) is 2. The highest BCUT2D eigenvalue weighted by molar-refractivity contribution is 7.88. The van der Waals surface area contributed by atoms with Crippen molar-refractivity contribution in [3.63, 3.8) is 0 Å². The second kappa shape index (κ2) is 13.3. The highest BCUT2D eigenvalue weighted by Gasteiger charge is 2.33. The number of nitrogens with one attached hydrogen (secondary N) is 2. The van der Waals surface area contributed by atoms with Crippen LogP contribution in [0.1, 0.15) is 31.4 Å². The molecule has 0 spiro atoms. The Morgan fingerprint density at radius 2 is 1.68 bits per heavy atom. The Bertz CT molecular complexity index is 1160. The van der Waals surface area contributed by atoms with Crippen LogP contribution in [0.4, 0.5) is 0 Å². The topological polar surface area (TPSA) is 117 Å². The van der Waals surface area contributed by atoms with Gasteiger partial charge in [-0.1, -0.05) is 42.5 Å². The highest BCUT2D eigenvalue weighted by Crippen LogP contribution is 2.31. The molecule has 0 saturated carbocycles. The summed E-state index contributed by atoms with van der Waals surface area (Å²) < 4.78 is 36.4. The fraction of sp³-hybridized carbons (Fsp3) is 0.538. The van der Waals surface area contributed by atoms with Gasteiger partial charge >= 0.3 is 0 Å². The van der Waals surface area contributed by atoms with Gasteiger partial charge < -0.3 is 20.1 Å². The molecule has 0 bridgehead atoms. The summed E-state index contributed by atoms with van der Waals surface area (Å²) in [6.07, 6.45) is 1.76. The SMILES string of the molecule is COC(CNC(=O)CNC(=O)CN(C1CCN(C(C)c2cccc3ccccc23)CC1)S(C)(=O)=O)OC. The molecule has 1 heterocycles. The lowest BCUT2D eigenvalue weighted by Gasteiger charge is -2.39. The van der Waals surface area contributed by atoms with E-state index in [1.54, 1.807) is 0 Å². The summed E-state index contributed by atoms with van der Waals surface area (Å²) in [5, 5.41) is 7.50. The number of carbonyl (C=O) groups is 2. The average molecular weight is 535 g/mol. The number of piperidine rings is 1. The second-order valence-corrected chi connectivity index (χ2v) is 11.2. The van der Waals surface area contributed by atoms with Gasteiger partial charge in [0.05, 0.1) is 25.9 Å². The number of likely N-dealkylation sites (tertiary alicyclic amines) is 1. The van der Waals surface area contributed by atoms with Crippen LogP contribution in [0.2, 0.25) is 0 Å². The molecule has 1 unspecified atom stereocenters. The van der Waals surface area contributed by atoms with Gasteiger partial charge in [-0.25, -0.2) is 8.42 Å². The number of benzene rings is 2. The molecule has 2 amide bonds. The minimum atomic E-state index is -3.62. The first-order valence-corrected chi connectivity index (χ1v) is 14.3. The summed E-state index contributed by atoms with van der Waals surface area (Å²) in [6.45, 7) is 3.14. The van der Waals surface area contributed by atoms with E-state index < -0.39 is 28.1 Å². The quantitative estimate of drug-likeness (QED) is 0.396. The van der Waals surface area contributed by atoms with Crippen molar-refractivity contribution in [2.75, 3.05) is 53.2 Å². The molecule has 1 saturated heterocycles. The number of hydrogen-bond acceptors (Lipinski definition) is 7. The zero-order chi connectivity index (χ0) is 27.0. The zero-order valence-corrected chi connectivity index (χ0v) is 22.8. The molecule has 2 aromatic rings.